The third-order valence-electron chi connectivity index (χ3n) is 6.36. The molecule has 34 heavy (non-hydrogen) atoms. The Bertz CT molecular complexity index is 1170. The number of aromatic nitrogens is 1. The molecule has 1 fully saturated rings. The van der Waals surface area contributed by atoms with Gasteiger partial charge in [-0.1, -0.05) is 42.5 Å². The van der Waals surface area contributed by atoms with Crippen molar-refractivity contribution in [2.24, 2.45) is 0 Å². The van der Waals surface area contributed by atoms with E-state index in [9.17, 15) is 14.4 Å². The van der Waals surface area contributed by atoms with Crippen molar-refractivity contribution < 1.29 is 14.4 Å². The lowest BCUT2D eigenvalue weighted by Gasteiger charge is -2.34. The van der Waals surface area contributed by atoms with Crippen molar-refractivity contribution in [1.29, 1.82) is 0 Å². The minimum atomic E-state index is -0.265. The molecule has 0 unspecified atom stereocenters. The summed E-state index contributed by atoms with van der Waals surface area (Å²) in [7, 11) is 0. The average Bonchev–Trinajstić information content (AvgIpc) is 3.44. The Hall–Kier alpha value is -3.36. The summed E-state index contributed by atoms with van der Waals surface area (Å²) in [5, 5.41) is 3.18. The minimum absolute atomic E-state index is 0.0804. The largest absolute Gasteiger partial charge is 0.340 e. The Labute approximate surface area is 202 Å². The third-order valence-corrected chi connectivity index (χ3v) is 7.19. The quantitative estimate of drug-likeness (QED) is 0.490. The highest BCUT2D eigenvalue weighted by Gasteiger charge is 2.34. The van der Waals surface area contributed by atoms with Crippen LogP contribution < -0.4 is 0 Å². The standard InChI is InChI=1S/C26H26N4O3S/c31-24(11-6-12-30-25(32)20-9-4-5-10-21(20)26(30)33)29-15-13-28(14-16-29)17-23-27-22(18-34-23)19-7-2-1-3-8-19/h1-5,7-10,18H,6,11-17H2. The molecule has 3 aromatic rings. The Morgan fingerprint density at radius 1 is 0.882 bits per heavy atom. The van der Waals surface area contributed by atoms with Crippen molar-refractivity contribution in [3.05, 3.63) is 76.1 Å². The number of nitrogens with zero attached hydrogens (tertiary/aromatic N) is 4. The molecular formula is C26H26N4O3S. The topological polar surface area (TPSA) is 73.8 Å². The maximum absolute atomic E-state index is 12.7. The number of piperazine rings is 1. The van der Waals surface area contributed by atoms with Gasteiger partial charge in [-0.25, -0.2) is 4.98 Å². The number of carbonyl (C=O) groups excluding carboxylic acids is 3. The summed E-state index contributed by atoms with van der Waals surface area (Å²) in [6.45, 7) is 4.05. The van der Waals surface area contributed by atoms with E-state index in [0.29, 0.717) is 37.1 Å². The van der Waals surface area contributed by atoms with Crippen molar-refractivity contribution in [2.75, 3.05) is 32.7 Å². The van der Waals surface area contributed by atoms with Gasteiger partial charge in [-0.05, 0) is 18.6 Å². The summed E-state index contributed by atoms with van der Waals surface area (Å²) in [6, 6.07) is 17.0. The lowest BCUT2D eigenvalue weighted by molar-refractivity contribution is -0.133. The molecule has 0 spiro atoms. The van der Waals surface area contributed by atoms with Gasteiger partial charge in [0, 0.05) is 50.1 Å². The number of hydrogen-bond acceptors (Lipinski definition) is 6. The van der Waals surface area contributed by atoms with Gasteiger partial charge in [0.2, 0.25) is 5.91 Å². The van der Waals surface area contributed by atoms with Crippen molar-refractivity contribution in [2.45, 2.75) is 19.4 Å². The Morgan fingerprint density at radius 2 is 1.53 bits per heavy atom. The second kappa shape index (κ2) is 9.87. The van der Waals surface area contributed by atoms with Gasteiger partial charge in [-0.15, -0.1) is 11.3 Å². The highest BCUT2D eigenvalue weighted by molar-refractivity contribution is 7.09. The second-order valence-corrected chi connectivity index (χ2v) is 9.50. The van der Waals surface area contributed by atoms with Crippen LogP contribution >= 0.6 is 11.3 Å². The molecule has 0 radical (unpaired) electrons. The molecule has 0 bridgehead atoms. The highest BCUT2D eigenvalue weighted by Crippen LogP contribution is 2.24. The monoisotopic (exact) mass is 474 g/mol. The van der Waals surface area contributed by atoms with Crippen LogP contribution in [0, 0.1) is 0 Å². The number of carbonyl (C=O) groups is 3. The van der Waals surface area contributed by atoms with Gasteiger partial charge in [0.15, 0.2) is 0 Å². The van der Waals surface area contributed by atoms with Gasteiger partial charge in [0.05, 0.1) is 23.4 Å². The van der Waals surface area contributed by atoms with Crippen LogP contribution in [0.3, 0.4) is 0 Å². The first kappa shape index (κ1) is 22.4. The maximum atomic E-state index is 12.7. The average molecular weight is 475 g/mol. The van der Waals surface area contributed by atoms with E-state index in [1.807, 2.05) is 23.1 Å². The maximum Gasteiger partial charge on any atom is 0.261 e. The Kier molecular flexibility index (Phi) is 6.51. The summed E-state index contributed by atoms with van der Waals surface area (Å²) in [6.07, 6.45) is 0.812. The minimum Gasteiger partial charge on any atom is -0.340 e. The number of imide groups is 1. The summed E-state index contributed by atoms with van der Waals surface area (Å²) in [5.74, 6) is -0.449. The molecule has 0 N–H and O–H groups in total. The summed E-state index contributed by atoms with van der Waals surface area (Å²) in [4.78, 5) is 47.8. The van der Waals surface area contributed by atoms with Crippen molar-refractivity contribution in [3.63, 3.8) is 0 Å². The van der Waals surface area contributed by atoms with Crippen LogP contribution in [0.1, 0.15) is 38.6 Å². The van der Waals surface area contributed by atoms with Gasteiger partial charge in [0.25, 0.3) is 11.8 Å². The van der Waals surface area contributed by atoms with Gasteiger partial charge in [-0.2, -0.15) is 0 Å². The SMILES string of the molecule is O=C(CCCN1C(=O)c2ccccc2C1=O)N1CCN(Cc2nc(-c3ccccc3)cs2)CC1. The van der Waals surface area contributed by atoms with Gasteiger partial charge in [0.1, 0.15) is 5.01 Å². The predicted octanol–water partition coefficient (Wildman–Crippen LogP) is 3.53. The van der Waals surface area contributed by atoms with E-state index in [4.69, 9.17) is 4.98 Å². The molecule has 3 amide bonds. The number of fused-ring (bicyclic) bond motifs is 1. The van der Waals surface area contributed by atoms with E-state index in [-0.39, 0.29) is 24.3 Å². The van der Waals surface area contributed by atoms with Gasteiger partial charge >= 0.3 is 0 Å². The first-order valence-corrected chi connectivity index (χ1v) is 12.4. The number of thiazole rings is 1. The molecule has 5 rings (SSSR count). The fourth-order valence-corrected chi connectivity index (χ4v) is 5.31. The van der Waals surface area contributed by atoms with Crippen LogP contribution in [0.4, 0.5) is 0 Å². The molecule has 1 saturated heterocycles. The molecule has 1 aromatic heterocycles. The fourth-order valence-electron chi connectivity index (χ4n) is 4.46. The molecule has 174 valence electrons. The summed E-state index contributed by atoms with van der Waals surface area (Å²) in [5.41, 5.74) is 3.03. The molecule has 2 aromatic carbocycles. The van der Waals surface area contributed by atoms with Crippen LogP contribution in [0.25, 0.3) is 11.3 Å². The van der Waals surface area contributed by atoms with Crippen molar-refractivity contribution >= 4 is 29.1 Å². The fraction of sp³-hybridized carbons (Fsp3) is 0.308. The van der Waals surface area contributed by atoms with Crippen LogP contribution in [-0.2, 0) is 11.3 Å². The molecule has 2 aliphatic rings. The van der Waals surface area contributed by atoms with E-state index in [1.165, 1.54) is 4.90 Å². The van der Waals surface area contributed by atoms with E-state index in [0.717, 1.165) is 35.9 Å². The molecule has 0 saturated carbocycles. The molecule has 0 atom stereocenters. The highest BCUT2D eigenvalue weighted by atomic mass is 32.1. The first-order valence-electron chi connectivity index (χ1n) is 11.6. The van der Waals surface area contributed by atoms with E-state index >= 15 is 0 Å². The zero-order chi connectivity index (χ0) is 23.5. The van der Waals surface area contributed by atoms with Gasteiger partial charge in [-0.3, -0.25) is 24.2 Å². The van der Waals surface area contributed by atoms with Gasteiger partial charge < -0.3 is 4.90 Å². The first-order chi connectivity index (χ1) is 16.6. The Morgan fingerprint density at radius 3 is 2.21 bits per heavy atom. The molecule has 2 aliphatic heterocycles. The molecule has 7 nitrogen and oxygen atoms in total. The smallest absolute Gasteiger partial charge is 0.261 e. The predicted molar refractivity (Wildman–Crippen MR) is 130 cm³/mol. The molecular weight excluding hydrogens is 448 g/mol. The zero-order valence-corrected chi connectivity index (χ0v) is 19.7. The zero-order valence-electron chi connectivity index (χ0n) is 18.9. The van der Waals surface area contributed by atoms with Crippen LogP contribution in [0.15, 0.2) is 60.0 Å². The van der Waals surface area contributed by atoms with Crippen LogP contribution in [0.5, 0.6) is 0 Å². The van der Waals surface area contributed by atoms with E-state index in [1.54, 1.807) is 35.6 Å². The van der Waals surface area contributed by atoms with Crippen molar-refractivity contribution in [3.8, 4) is 11.3 Å². The molecule has 8 heteroatoms. The van der Waals surface area contributed by atoms with E-state index in [2.05, 4.69) is 22.4 Å². The number of hydrogen-bond donors (Lipinski definition) is 0. The number of amides is 3. The number of rotatable bonds is 7. The lowest BCUT2D eigenvalue weighted by Crippen LogP contribution is -2.48. The van der Waals surface area contributed by atoms with Crippen LogP contribution in [-0.4, -0.2) is 70.1 Å². The normalized spacial score (nSPS) is 16.2. The van der Waals surface area contributed by atoms with Crippen molar-refractivity contribution in [1.82, 2.24) is 19.7 Å². The molecule has 0 aliphatic carbocycles. The second-order valence-electron chi connectivity index (χ2n) is 8.56. The summed E-state index contributed by atoms with van der Waals surface area (Å²) < 4.78 is 0. The summed E-state index contributed by atoms with van der Waals surface area (Å²) >= 11 is 1.67. The van der Waals surface area contributed by atoms with Crippen LogP contribution in [0.2, 0.25) is 0 Å². The third kappa shape index (κ3) is 4.64. The number of benzene rings is 2. The molecule has 3 heterocycles. The Balaban J connectivity index is 1.06. The lowest BCUT2D eigenvalue weighted by atomic mass is 10.1. The van der Waals surface area contributed by atoms with E-state index < -0.39 is 0 Å².